The van der Waals surface area contributed by atoms with Crippen molar-refractivity contribution < 1.29 is 22.8 Å². The summed E-state index contributed by atoms with van der Waals surface area (Å²) in [5, 5.41) is 14.2. The lowest BCUT2D eigenvalue weighted by Crippen LogP contribution is -2.21. The molecule has 4 N–H and O–H groups in total. The van der Waals surface area contributed by atoms with Crippen molar-refractivity contribution >= 4 is 5.84 Å². The van der Waals surface area contributed by atoms with E-state index in [9.17, 15) is 17.6 Å². The lowest BCUT2D eigenvalue weighted by Gasteiger charge is -2.10. The summed E-state index contributed by atoms with van der Waals surface area (Å²) in [4.78, 5) is 0. The number of rotatable bonds is 6. The Morgan fingerprint density at radius 1 is 1.35 bits per heavy atom. The number of hydrogen-bond acceptors (Lipinski definition) is 3. The SMILES string of the molecule is N/C(=N/O)c1cc(F)ccc1CNCCCC(F)(F)F. The first-order valence-corrected chi connectivity index (χ1v) is 5.87. The monoisotopic (exact) mass is 293 g/mol. The van der Waals surface area contributed by atoms with Gasteiger partial charge >= 0.3 is 6.18 Å². The van der Waals surface area contributed by atoms with Crippen molar-refractivity contribution in [3.8, 4) is 0 Å². The summed E-state index contributed by atoms with van der Waals surface area (Å²) < 4.78 is 48.9. The van der Waals surface area contributed by atoms with Crippen molar-refractivity contribution in [2.24, 2.45) is 10.9 Å². The Morgan fingerprint density at radius 3 is 2.65 bits per heavy atom. The van der Waals surface area contributed by atoms with Crippen LogP contribution in [0.2, 0.25) is 0 Å². The Balaban J connectivity index is 2.56. The van der Waals surface area contributed by atoms with Crippen LogP contribution in [0, 0.1) is 5.82 Å². The third-order valence-electron chi connectivity index (χ3n) is 2.58. The van der Waals surface area contributed by atoms with E-state index < -0.39 is 18.4 Å². The molecule has 0 fully saturated rings. The van der Waals surface area contributed by atoms with Gasteiger partial charge in [-0.15, -0.1) is 0 Å². The van der Waals surface area contributed by atoms with Gasteiger partial charge in [0.2, 0.25) is 0 Å². The van der Waals surface area contributed by atoms with E-state index in [0.717, 1.165) is 6.07 Å². The van der Waals surface area contributed by atoms with Crippen LogP contribution < -0.4 is 11.1 Å². The minimum atomic E-state index is -4.17. The van der Waals surface area contributed by atoms with E-state index in [4.69, 9.17) is 10.9 Å². The highest BCUT2D eigenvalue weighted by Crippen LogP contribution is 2.20. The lowest BCUT2D eigenvalue weighted by atomic mass is 10.1. The average Bonchev–Trinajstić information content (AvgIpc) is 2.37. The number of nitrogens with two attached hydrogens (primary N) is 1. The van der Waals surface area contributed by atoms with Gasteiger partial charge in [0.05, 0.1) is 0 Å². The fourth-order valence-electron chi connectivity index (χ4n) is 1.63. The zero-order valence-electron chi connectivity index (χ0n) is 10.5. The molecule has 20 heavy (non-hydrogen) atoms. The van der Waals surface area contributed by atoms with Crippen molar-refractivity contribution in [2.75, 3.05) is 6.54 Å². The third kappa shape index (κ3) is 5.43. The molecule has 0 radical (unpaired) electrons. The molecule has 1 aromatic carbocycles. The van der Waals surface area contributed by atoms with Crippen molar-refractivity contribution in [2.45, 2.75) is 25.6 Å². The van der Waals surface area contributed by atoms with E-state index in [2.05, 4.69) is 10.5 Å². The van der Waals surface area contributed by atoms with Gasteiger partial charge in [-0.3, -0.25) is 0 Å². The van der Waals surface area contributed by atoms with E-state index in [1.807, 2.05) is 0 Å². The number of benzene rings is 1. The second-order valence-electron chi connectivity index (χ2n) is 4.18. The topological polar surface area (TPSA) is 70.6 Å². The molecule has 0 bridgehead atoms. The zero-order valence-corrected chi connectivity index (χ0v) is 10.5. The van der Waals surface area contributed by atoms with E-state index >= 15 is 0 Å². The van der Waals surface area contributed by atoms with Gasteiger partial charge in [0.1, 0.15) is 5.82 Å². The van der Waals surface area contributed by atoms with Crippen LogP contribution in [0.25, 0.3) is 0 Å². The van der Waals surface area contributed by atoms with Crippen LogP contribution in [0.5, 0.6) is 0 Å². The van der Waals surface area contributed by atoms with Gasteiger partial charge in [-0.2, -0.15) is 13.2 Å². The number of nitrogens with one attached hydrogen (secondary N) is 1. The molecular formula is C12H15F4N3O. The van der Waals surface area contributed by atoms with Crippen LogP contribution in [-0.2, 0) is 6.54 Å². The Kier molecular flexibility index (Phi) is 5.75. The first-order valence-electron chi connectivity index (χ1n) is 5.87. The van der Waals surface area contributed by atoms with Gasteiger partial charge in [0.25, 0.3) is 0 Å². The Labute approximate surface area is 113 Å². The van der Waals surface area contributed by atoms with Gasteiger partial charge in [0, 0.05) is 18.5 Å². The van der Waals surface area contributed by atoms with Gasteiger partial charge in [-0.05, 0) is 30.7 Å². The lowest BCUT2D eigenvalue weighted by molar-refractivity contribution is -0.135. The predicted octanol–water partition coefficient (Wildman–Crippen LogP) is 2.35. The van der Waals surface area contributed by atoms with Crippen LogP contribution in [0.3, 0.4) is 0 Å². The fourth-order valence-corrected chi connectivity index (χ4v) is 1.63. The molecule has 0 aliphatic heterocycles. The summed E-state index contributed by atoms with van der Waals surface area (Å²) in [5.74, 6) is -0.802. The van der Waals surface area contributed by atoms with Gasteiger partial charge in [0.15, 0.2) is 5.84 Å². The smallest absolute Gasteiger partial charge is 0.389 e. The highest BCUT2D eigenvalue weighted by Gasteiger charge is 2.25. The fraction of sp³-hybridized carbons (Fsp3) is 0.417. The largest absolute Gasteiger partial charge is 0.409 e. The third-order valence-corrected chi connectivity index (χ3v) is 2.58. The second-order valence-corrected chi connectivity index (χ2v) is 4.18. The minimum absolute atomic E-state index is 0.0520. The van der Waals surface area contributed by atoms with Crippen molar-refractivity contribution in [3.05, 3.63) is 35.1 Å². The summed E-state index contributed by atoms with van der Waals surface area (Å²) in [6.45, 7) is 0.357. The molecule has 0 amide bonds. The van der Waals surface area contributed by atoms with Crippen LogP contribution in [0.4, 0.5) is 17.6 Å². The molecule has 1 rings (SSSR count). The molecule has 0 aromatic heterocycles. The summed E-state index contributed by atoms with van der Waals surface area (Å²) in [5.41, 5.74) is 6.15. The molecule has 0 aliphatic rings. The quantitative estimate of drug-likeness (QED) is 0.188. The van der Waals surface area contributed by atoms with Crippen LogP contribution >= 0.6 is 0 Å². The summed E-state index contributed by atoms with van der Waals surface area (Å²) in [7, 11) is 0. The standard InChI is InChI=1S/C12H15F4N3O/c13-9-3-2-8(10(6-9)11(17)19-20)7-18-5-1-4-12(14,15)16/h2-3,6,18,20H,1,4-5,7H2,(H2,17,19). The maximum Gasteiger partial charge on any atom is 0.389 e. The summed E-state index contributed by atoms with van der Waals surface area (Å²) in [6.07, 6.45) is -5.09. The average molecular weight is 293 g/mol. The van der Waals surface area contributed by atoms with E-state index in [1.54, 1.807) is 0 Å². The molecule has 0 heterocycles. The summed E-state index contributed by atoms with van der Waals surface area (Å²) in [6, 6.07) is 3.72. The van der Waals surface area contributed by atoms with E-state index in [0.29, 0.717) is 5.56 Å². The van der Waals surface area contributed by atoms with Crippen molar-refractivity contribution in [1.82, 2.24) is 5.32 Å². The molecule has 1 aromatic rings. The highest BCUT2D eigenvalue weighted by atomic mass is 19.4. The van der Waals surface area contributed by atoms with E-state index in [-0.39, 0.29) is 30.9 Å². The Morgan fingerprint density at radius 2 is 2.05 bits per heavy atom. The molecule has 8 heteroatoms. The molecule has 0 saturated carbocycles. The number of hydrogen-bond donors (Lipinski definition) is 3. The highest BCUT2D eigenvalue weighted by molar-refractivity contribution is 5.98. The summed E-state index contributed by atoms with van der Waals surface area (Å²) >= 11 is 0. The molecular weight excluding hydrogens is 278 g/mol. The van der Waals surface area contributed by atoms with Crippen LogP contribution in [-0.4, -0.2) is 23.8 Å². The van der Waals surface area contributed by atoms with Gasteiger partial charge in [-0.25, -0.2) is 4.39 Å². The maximum atomic E-state index is 13.1. The molecule has 0 aliphatic carbocycles. The van der Waals surface area contributed by atoms with Crippen LogP contribution in [0.15, 0.2) is 23.4 Å². The Bertz CT molecular complexity index is 474. The van der Waals surface area contributed by atoms with Gasteiger partial charge < -0.3 is 16.3 Å². The molecule has 0 saturated heterocycles. The number of amidine groups is 1. The molecule has 4 nitrogen and oxygen atoms in total. The first-order chi connectivity index (χ1) is 9.33. The van der Waals surface area contributed by atoms with Gasteiger partial charge in [-0.1, -0.05) is 11.2 Å². The first kappa shape index (κ1) is 16.2. The predicted molar refractivity (Wildman–Crippen MR) is 65.9 cm³/mol. The van der Waals surface area contributed by atoms with Crippen molar-refractivity contribution in [1.29, 1.82) is 0 Å². The number of oxime groups is 1. The van der Waals surface area contributed by atoms with Crippen molar-refractivity contribution in [3.63, 3.8) is 0 Å². The van der Waals surface area contributed by atoms with Crippen LogP contribution in [0.1, 0.15) is 24.0 Å². The number of nitrogens with zero attached hydrogens (tertiary/aromatic N) is 1. The molecule has 112 valence electrons. The normalized spacial score (nSPS) is 12.7. The maximum absolute atomic E-state index is 13.1. The Hall–Kier alpha value is -1.83. The molecule has 0 unspecified atom stereocenters. The van der Waals surface area contributed by atoms with E-state index in [1.165, 1.54) is 12.1 Å². The molecule has 0 spiro atoms. The molecule has 0 atom stereocenters. The second kappa shape index (κ2) is 7.09. The number of alkyl halides is 3. The number of halogens is 4. The minimum Gasteiger partial charge on any atom is -0.409 e. The zero-order chi connectivity index (χ0) is 15.2.